The van der Waals surface area contributed by atoms with E-state index in [4.69, 9.17) is 0 Å². The molecule has 0 bridgehead atoms. The van der Waals surface area contributed by atoms with E-state index in [1.54, 1.807) is 18.3 Å². The number of imidazole rings is 1. The van der Waals surface area contributed by atoms with Crippen LogP contribution < -0.4 is 5.32 Å². The van der Waals surface area contributed by atoms with E-state index in [0.717, 1.165) is 35.4 Å². The number of aromatic nitrogens is 2. The predicted octanol–water partition coefficient (Wildman–Crippen LogP) is 3.15. The van der Waals surface area contributed by atoms with Crippen LogP contribution in [0.15, 0.2) is 53.7 Å². The van der Waals surface area contributed by atoms with Crippen molar-refractivity contribution in [2.75, 3.05) is 13.7 Å². The number of oxime groups is 1. The first-order valence-electron chi connectivity index (χ1n) is 8.55. The fourth-order valence-electron chi connectivity index (χ4n) is 2.85. The van der Waals surface area contributed by atoms with E-state index in [9.17, 15) is 4.79 Å². The van der Waals surface area contributed by atoms with Gasteiger partial charge in [-0.3, -0.25) is 4.79 Å². The van der Waals surface area contributed by atoms with Gasteiger partial charge in [0, 0.05) is 18.7 Å². The summed E-state index contributed by atoms with van der Waals surface area (Å²) in [5.74, 6) is 0.915. The van der Waals surface area contributed by atoms with Gasteiger partial charge in [-0.25, -0.2) is 4.98 Å². The SMILES string of the molecule is CO/N=C/c1ccc(C(=O)NCCCn2c(C)nc3ccccc32)cc1. The molecule has 1 amide bonds. The van der Waals surface area contributed by atoms with Crippen molar-refractivity contribution in [3.63, 3.8) is 0 Å². The Kier molecular flexibility index (Phi) is 5.63. The van der Waals surface area contributed by atoms with Crippen LogP contribution in [0.5, 0.6) is 0 Å². The van der Waals surface area contributed by atoms with Crippen LogP contribution in [0.2, 0.25) is 0 Å². The van der Waals surface area contributed by atoms with Crippen molar-refractivity contribution in [1.82, 2.24) is 14.9 Å². The normalized spacial score (nSPS) is 11.2. The van der Waals surface area contributed by atoms with Gasteiger partial charge in [0.1, 0.15) is 12.9 Å². The summed E-state index contributed by atoms with van der Waals surface area (Å²) in [4.78, 5) is 21.4. The van der Waals surface area contributed by atoms with Crippen molar-refractivity contribution in [1.29, 1.82) is 0 Å². The minimum absolute atomic E-state index is 0.0764. The van der Waals surface area contributed by atoms with Crippen LogP contribution in [-0.4, -0.2) is 35.3 Å². The summed E-state index contributed by atoms with van der Waals surface area (Å²) in [6, 6.07) is 15.3. The van der Waals surface area contributed by atoms with Gasteiger partial charge in [0.05, 0.1) is 17.2 Å². The molecule has 0 radical (unpaired) electrons. The number of carbonyl (C=O) groups excluding carboxylic acids is 1. The molecule has 0 aliphatic rings. The van der Waals surface area contributed by atoms with Crippen LogP contribution in [0.1, 0.15) is 28.2 Å². The molecule has 1 heterocycles. The number of carbonyl (C=O) groups is 1. The van der Waals surface area contributed by atoms with Gasteiger partial charge >= 0.3 is 0 Å². The molecule has 0 fully saturated rings. The fourth-order valence-corrected chi connectivity index (χ4v) is 2.85. The van der Waals surface area contributed by atoms with Crippen LogP contribution in [0.4, 0.5) is 0 Å². The molecule has 0 unspecified atom stereocenters. The van der Waals surface area contributed by atoms with E-state index in [0.29, 0.717) is 12.1 Å². The van der Waals surface area contributed by atoms with Crippen LogP contribution >= 0.6 is 0 Å². The lowest BCUT2D eigenvalue weighted by atomic mass is 10.1. The van der Waals surface area contributed by atoms with Gasteiger partial charge in [-0.1, -0.05) is 29.4 Å². The predicted molar refractivity (Wildman–Crippen MR) is 102 cm³/mol. The van der Waals surface area contributed by atoms with E-state index in [1.807, 2.05) is 37.3 Å². The molecule has 26 heavy (non-hydrogen) atoms. The van der Waals surface area contributed by atoms with Crippen molar-refractivity contribution in [2.24, 2.45) is 5.16 Å². The lowest BCUT2D eigenvalue weighted by Crippen LogP contribution is -2.25. The summed E-state index contributed by atoms with van der Waals surface area (Å²) < 4.78 is 2.19. The highest BCUT2D eigenvalue weighted by molar-refractivity contribution is 5.95. The summed E-state index contributed by atoms with van der Waals surface area (Å²) in [7, 11) is 1.49. The highest BCUT2D eigenvalue weighted by Crippen LogP contribution is 2.15. The number of fused-ring (bicyclic) bond motifs is 1. The first kappa shape index (κ1) is 17.7. The van der Waals surface area contributed by atoms with E-state index >= 15 is 0 Å². The van der Waals surface area contributed by atoms with Crippen molar-refractivity contribution in [3.8, 4) is 0 Å². The molecule has 3 aromatic rings. The van der Waals surface area contributed by atoms with Gasteiger partial charge < -0.3 is 14.7 Å². The Bertz CT molecular complexity index is 913. The summed E-state index contributed by atoms with van der Waals surface area (Å²) in [5.41, 5.74) is 3.64. The van der Waals surface area contributed by atoms with E-state index in [1.165, 1.54) is 7.11 Å². The molecule has 0 saturated heterocycles. The summed E-state index contributed by atoms with van der Waals surface area (Å²) in [6.45, 7) is 3.43. The topological polar surface area (TPSA) is 68.5 Å². The zero-order valence-corrected chi connectivity index (χ0v) is 15.0. The minimum Gasteiger partial charge on any atom is -0.399 e. The maximum atomic E-state index is 12.2. The number of hydrogen-bond donors (Lipinski definition) is 1. The lowest BCUT2D eigenvalue weighted by molar-refractivity contribution is 0.0953. The minimum atomic E-state index is -0.0764. The fraction of sp³-hybridized carbons (Fsp3) is 0.250. The second-order valence-corrected chi connectivity index (χ2v) is 5.95. The maximum Gasteiger partial charge on any atom is 0.251 e. The van der Waals surface area contributed by atoms with E-state index in [2.05, 4.69) is 30.9 Å². The van der Waals surface area contributed by atoms with Crippen LogP contribution in [0.3, 0.4) is 0 Å². The molecule has 1 aromatic heterocycles. The first-order valence-corrected chi connectivity index (χ1v) is 8.55. The molecular weight excluding hydrogens is 328 g/mol. The Hall–Kier alpha value is -3.15. The molecule has 2 aromatic carbocycles. The molecule has 0 aliphatic heterocycles. The summed E-state index contributed by atoms with van der Waals surface area (Å²) >= 11 is 0. The van der Waals surface area contributed by atoms with Gasteiger partial charge in [-0.05, 0) is 43.2 Å². The Labute approximate surface area is 152 Å². The number of nitrogens with one attached hydrogen (secondary N) is 1. The van der Waals surface area contributed by atoms with E-state index < -0.39 is 0 Å². The largest absolute Gasteiger partial charge is 0.399 e. The lowest BCUT2D eigenvalue weighted by Gasteiger charge is -2.08. The average Bonchev–Trinajstić information content (AvgIpc) is 2.99. The number of hydrogen-bond acceptors (Lipinski definition) is 4. The first-order chi connectivity index (χ1) is 12.7. The standard InChI is InChI=1S/C20H22N4O2/c1-15-23-18-6-3-4-7-19(18)24(15)13-5-12-21-20(25)17-10-8-16(9-11-17)14-22-26-2/h3-4,6-11,14H,5,12-13H2,1-2H3,(H,21,25)/b22-14+. The third kappa shape index (κ3) is 4.08. The number of rotatable bonds is 7. The second-order valence-electron chi connectivity index (χ2n) is 5.95. The van der Waals surface area contributed by atoms with Gasteiger partial charge in [0.2, 0.25) is 0 Å². The van der Waals surface area contributed by atoms with Crippen molar-refractivity contribution < 1.29 is 9.63 Å². The van der Waals surface area contributed by atoms with Gasteiger partial charge in [-0.15, -0.1) is 0 Å². The molecule has 0 spiro atoms. The Morgan fingerprint density at radius 1 is 1.23 bits per heavy atom. The number of para-hydroxylation sites is 2. The zero-order chi connectivity index (χ0) is 18.4. The van der Waals surface area contributed by atoms with Gasteiger partial charge in [-0.2, -0.15) is 0 Å². The smallest absolute Gasteiger partial charge is 0.251 e. The van der Waals surface area contributed by atoms with Gasteiger partial charge in [0.25, 0.3) is 5.91 Å². The third-order valence-corrected chi connectivity index (χ3v) is 4.17. The second kappa shape index (κ2) is 8.29. The van der Waals surface area contributed by atoms with Crippen LogP contribution in [0, 0.1) is 6.92 Å². The van der Waals surface area contributed by atoms with Crippen molar-refractivity contribution in [3.05, 3.63) is 65.5 Å². The molecule has 0 atom stereocenters. The maximum absolute atomic E-state index is 12.2. The van der Waals surface area contributed by atoms with Crippen molar-refractivity contribution >= 4 is 23.2 Å². The highest BCUT2D eigenvalue weighted by Gasteiger charge is 2.07. The quantitative estimate of drug-likeness (QED) is 0.404. The average molecular weight is 350 g/mol. The van der Waals surface area contributed by atoms with E-state index in [-0.39, 0.29) is 5.91 Å². The monoisotopic (exact) mass is 350 g/mol. The Balaban J connectivity index is 1.52. The number of aryl methyl sites for hydroxylation is 2. The molecule has 0 saturated carbocycles. The molecular formula is C20H22N4O2. The number of benzene rings is 2. The molecule has 6 nitrogen and oxygen atoms in total. The molecule has 0 aliphatic carbocycles. The molecule has 3 rings (SSSR count). The molecule has 1 N–H and O–H groups in total. The van der Waals surface area contributed by atoms with Crippen LogP contribution in [0.25, 0.3) is 11.0 Å². The van der Waals surface area contributed by atoms with Gasteiger partial charge in [0.15, 0.2) is 0 Å². The third-order valence-electron chi connectivity index (χ3n) is 4.17. The Morgan fingerprint density at radius 3 is 2.77 bits per heavy atom. The summed E-state index contributed by atoms with van der Waals surface area (Å²) in [6.07, 6.45) is 2.44. The van der Waals surface area contributed by atoms with Crippen LogP contribution in [-0.2, 0) is 11.4 Å². The Morgan fingerprint density at radius 2 is 2.00 bits per heavy atom. The number of nitrogens with zero attached hydrogens (tertiary/aromatic N) is 3. The van der Waals surface area contributed by atoms with Crippen molar-refractivity contribution in [2.45, 2.75) is 19.9 Å². The summed E-state index contributed by atoms with van der Waals surface area (Å²) in [5, 5.41) is 6.66. The number of amides is 1. The zero-order valence-electron chi connectivity index (χ0n) is 15.0. The molecule has 6 heteroatoms. The highest BCUT2D eigenvalue weighted by atomic mass is 16.6. The molecule has 134 valence electrons.